The first-order valence-electron chi connectivity index (χ1n) is 17.7. The number of para-hydroxylation sites is 3. The van der Waals surface area contributed by atoms with E-state index in [1.54, 1.807) is 0 Å². The molecule has 0 aliphatic carbocycles. The topological polar surface area (TPSA) is 45.3 Å². The van der Waals surface area contributed by atoms with Crippen LogP contribution in [0.2, 0.25) is 0 Å². The summed E-state index contributed by atoms with van der Waals surface area (Å²) in [6, 6.07) is 52.2. The number of aromatic amines is 1. The van der Waals surface area contributed by atoms with E-state index in [2.05, 4.69) is 145 Å². The predicted octanol–water partition coefficient (Wildman–Crippen LogP) is 11.7. The van der Waals surface area contributed by atoms with E-state index >= 15 is 0 Å². The Morgan fingerprint density at radius 1 is 0.519 bits per heavy atom. The van der Waals surface area contributed by atoms with Gasteiger partial charge in [0.15, 0.2) is 7.28 Å². The van der Waals surface area contributed by atoms with Crippen molar-refractivity contribution in [2.45, 2.75) is 6.92 Å². The molecule has 0 saturated heterocycles. The number of nitrogens with one attached hydrogen (secondary N) is 1. The second-order valence-corrected chi connectivity index (χ2v) is 14.1. The summed E-state index contributed by atoms with van der Waals surface area (Å²) in [5, 5.41) is 9.44. The third-order valence-corrected chi connectivity index (χ3v) is 11.0. The zero-order valence-corrected chi connectivity index (χ0v) is 28.2. The van der Waals surface area contributed by atoms with Crippen molar-refractivity contribution in [3.63, 3.8) is 0 Å². The highest BCUT2D eigenvalue weighted by Gasteiger charge is 2.30. The molecular formula is C47H28BN2O2. The van der Waals surface area contributed by atoms with Crippen LogP contribution in [0, 0.1) is 6.92 Å². The largest absolute Gasteiger partial charge is 0.456 e. The molecule has 52 heavy (non-hydrogen) atoms. The van der Waals surface area contributed by atoms with Gasteiger partial charge in [0, 0.05) is 60.5 Å². The molecule has 5 heteroatoms. The Bertz CT molecular complexity index is 3310. The van der Waals surface area contributed by atoms with Crippen LogP contribution >= 0.6 is 0 Å². The molecule has 241 valence electrons. The van der Waals surface area contributed by atoms with Gasteiger partial charge < -0.3 is 18.7 Å². The lowest BCUT2D eigenvalue weighted by Crippen LogP contribution is -2.41. The van der Waals surface area contributed by atoms with E-state index in [1.165, 1.54) is 43.7 Å². The summed E-state index contributed by atoms with van der Waals surface area (Å²) >= 11 is 0. The molecule has 12 rings (SSSR count). The van der Waals surface area contributed by atoms with Gasteiger partial charge in [-0.25, -0.2) is 0 Å². The number of benzene rings is 8. The first kappa shape index (κ1) is 28.0. The Labute approximate surface area is 298 Å². The van der Waals surface area contributed by atoms with Crippen molar-refractivity contribution in [2.24, 2.45) is 0 Å². The highest BCUT2D eigenvalue weighted by molar-refractivity contribution is 6.73. The lowest BCUT2D eigenvalue weighted by molar-refractivity contribution is 0.669. The zero-order chi connectivity index (χ0) is 34.1. The standard InChI is InChI=1S/C47H28BN2O2/c1-26-21-36(32-13-8-14-33-45-29-10-3-2-9-27(29)17-19-38(45)49-47(32)33)46-40(22-26)50(28-18-20-43-34(23-28)30-11-4-6-15-41(30)51-43)39-24-35-31-12-5-7-16-42(31)52-44(35)25-37(39)48-46/h2-25,49H,1H3. The van der Waals surface area contributed by atoms with Gasteiger partial charge in [0.2, 0.25) is 0 Å². The molecular weight excluding hydrogens is 635 g/mol. The second-order valence-electron chi connectivity index (χ2n) is 14.1. The Morgan fingerprint density at radius 2 is 1.23 bits per heavy atom. The third kappa shape index (κ3) is 3.82. The van der Waals surface area contributed by atoms with Gasteiger partial charge in [0.05, 0.1) is 5.52 Å². The molecule has 0 bridgehead atoms. The fourth-order valence-electron chi connectivity index (χ4n) is 8.76. The maximum Gasteiger partial charge on any atom is 0.198 e. The molecule has 0 saturated carbocycles. The van der Waals surface area contributed by atoms with Crippen molar-refractivity contribution in [1.29, 1.82) is 0 Å². The van der Waals surface area contributed by atoms with Crippen molar-refractivity contribution in [1.82, 2.24) is 4.98 Å². The molecule has 0 atom stereocenters. The summed E-state index contributed by atoms with van der Waals surface area (Å²) in [4.78, 5) is 6.28. The van der Waals surface area contributed by atoms with Crippen LogP contribution in [0.25, 0.3) is 87.6 Å². The molecule has 1 N–H and O–H groups in total. The minimum atomic E-state index is 0.883. The van der Waals surface area contributed by atoms with E-state index in [4.69, 9.17) is 8.83 Å². The Balaban J connectivity index is 1.15. The van der Waals surface area contributed by atoms with E-state index < -0.39 is 0 Å². The number of anilines is 3. The smallest absolute Gasteiger partial charge is 0.198 e. The average Bonchev–Trinajstić information content (AvgIpc) is 3.87. The lowest BCUT2D eigenvalue weighted by Gasteiger charge is -2.35. The number of aryl methyl sites for hydroxylation is 1. The molecule has 0 unspecified atom stereocenters. The summed E-state index contributed by atoms with van der Waals surface area (Å²) in [5.74, 6) is 0. The highest BCUT2D eigenvalue weighted by Crippen LogP contribution is 2.44. The Morgan fingerprint density at radius 3 is 2.08 bits per heavy atom. The van der Waals surface area contributed by atoms with Crippen LogP contribution in [0.3, 0.4) is 0 Å². The van der Waals surface area contributed by atoms with Gasteiger partial charge in [-0.3, -0.25) is 0 Å². The van der Waals surface area contributed by atoms with Gasteiger partial charge in [0.25, 0.3) is 0 Å². The molecule has 11 aromatic rings. The minimum absolute atomic E-state index is 0.883. The monoisotopic (exact) mass is 663 g/mol. The first-order valence-corrected chi connectivity index (χ1v) is 17.7. The molecule has 1 aliphatic rings. The van der Waals surface area contributed by atoms with Crippen molar-refractivity contribution in [3.8, 4) is 11.1 Å². The van der Waals surface area contributed by atoms with Crippen molar-refractivity contribution in [3.05, 3.63) is 151 Å². The summed E-state index contributed by atoms with van der Waals surface area (Å²) in [6.07, 6.45) is 0. The molecule has 0 spiro atoms. The number of hydrogen-bond donors (Lipinski definition) is 1. The number of rotatable bonds is 2. The Hall–Kier alpha value is -6.72. The van der Waals surface area contributed by atoms with Gasteiger partial charge in [0.1, 0.15) is 22.3 Å². The minimum Gasteiger partial charge on any atom is -0.456 e. The third-order valence-electron chi connectivity index (χ3n) is 11.0. The second kappa shape index (κ2) is 10.2. The first-order chi connectivity index (χ1) is 25.7. The van der Waals surface area contributed by atoms with E-state index in [-0.39, 0.29) is 0 Å². The zero-order valence-electron chi connectivity index (χ0n) is 28.2. The summed E-state index contributed by atoms with van der Waals surface area (Å²) < 4.78 is 12.7. The lowest BCUT2D eigenvalue weighted by atomic mass is 9.58. The summed E-state index contributed by atoms with van der Waals surface area (Å²) in [6.45, 7) is 2.20. The molecule has 8 aromatic carbocycles. The number of aromatic nitrogens is 1. The van der Waals surface area contributed by atoms with Gasteiger partial charge in [-0.05, 0) is 88.9 Å². The van der Waals surface area contributed by atoms with Crippen molar-refractivity contribution >= 4 is 112 Å². The fourth-order valence-corrected chi connectivity index (χ4v) is 8.76. The van der Waals surface area contributed by atoms with Gasteiger partial charge >= 0.3 is 0 Å². The number of furan rings is 2. The Kier molecular flexibility index (Phi) is 5.49. The maximum atomic E-state index is 6.45. The number of fused-ring (bicyclic) bond motifs is 13. The van der Waals surface area contributed by atoms with E-state index in [0.29, 0.717) is 0 Å². The molecule has 4 heterocycles. The summed E-state index contributed by atoms with van der Waals surface area (Å²) in [5.41, 5.74) is 15.0. The summed E-state index contributed by atoms with van der Waals surface area (Å²) in [7, 11) is 2.35. The van der Waals surface area contributed by atoms with Crippen LogP contribution in [-0.4, -0.2) is 12.3 Å². The van der Waals surface area contributed by atoms with Crippen LogP contribution in [-0.2, 0) is 0 Å². The molecule has 1 radical (unpaired) electrons. The van der Waals surface area contributed by atoms with Crippen molar-refractivity contribution < 1.29 is 8.83 Å². The van der Waals surface area contributed by atoms with Gasteiger partial charge in [-0.2, -0.15) is 0 Å². The normalized spacial score (nSPS) is 12.8. The van der Waals surface area contributed by atoms with E-state index in [0.717, 1.165) is 77.4 Å². The highest BCUT2D eigenvalue weighted by atomic mass is 16.3. The molecule has 1 aliphatic heterocycles. The molecule has 0 amide bonds. The van der Waals surface area contributed by atoms with Gasteiger partial charge in [-0.15, -0.1) is 0 Å². The number of nitrogens with zero attached hydrogens (tertiary/aromatic N) is 1. The van der Waals surface area contributed by atoms with Crippen molar-refractivity contribution in [2.75, 3.05) is 4.90 Å². The SMILES string of the molecule is Cc1cc(-c2cccc3c2[nH]c2ccc4ccccc4c23)c2c(c1)N(c1ccc3oc4ccccc4c3c1)c1cc3c(cc1[B]2)oc1ccccc13. The maximum absolute atomic E-state index is 6.45. The number of H-pyrrole nitrogens is 1. The van der Waals surface area contributed by atoms with Crippen LogP contribution in [0.4, 0.5) is 17.1 Å². The molecule has 3 aromatic heterocycles. The van der Waals surface area contributed by atoms with E-state index in [1.807, 2.05) is 24.3 Å². The average molecular weight is 664 g/mol. The fraction of sp³-hybridized carbons (Fsp3) is 0.0213. The quantitative estimate of drug-likeness (QED) is 0.187. The van der Waals surface area contributed by atoms with Crippen LogP contribution in [0.1, 0.15) is 5.56 Å². The number of hydrogen-bond acceptors (Lipinski definition) is 3. The van der Waals surface area contributed by atoms with E-state index in [9.17, 15) is 0 Å². The van der Waals surface area contributed by atoms with Gasteiger partial charge in [-0.1, -0.05) is 96.5 Å². The van der Waals surface area contributed by atoms with Crippen LogP contribution < -0.4 is 15.8 Å². The van der Waals surface area contributed by atoms with Crippen LogP contribution in [0.15, 0.2) is 154 Å². The molecule has 4 nitrogen and oxygen atoms in total. The molecule has 0 fully saturated rings. The predicted molar refractivity (Wildman–Crippen MR) is 218 cm³/mol. The van der Waals surface area contributed by atoms with Crippen LogP contribution in [0.5, 0.6) is 0 Å².